The zero-order valence-corrected chi connectivity index (χ0v) is 13.7. The molecular weight excluding hydrogens is 294 g/mol. The molecule has 2 aromatic heterocycles. The number of fused-ring (bicyclic) bond motifs is 1. The average Bonchev–Trinajstić information content (AvgIpc) is 2.96. The summed E-state index contributed by atoms with van der Waals surface area (Å²) in [6, 6.07) is 4.45. The smallest absolute Gasteiger partial charge is 0.335 e. The van der Waals surface area contributed by atoms with Crippen LogP contribution >= 0.6 is 0 Å². The zero-order valence-electron chi connectivity index (χ0n) is 13.7. The molecule has 0 radical (unpaired) electrons. The molecule has 0 aromatic carbocycles. The van der Waals surface area contributed by atoms with E-state index in [9.17, 15) is 4.79 Å². The Morgan fingerprint density at radius 3 is 3.00 bits per heavy atom. The van der Waals surface area contributed by atoms with E-state index in [4.69, 9.17) is 5.26 Å². The van der Waals surface area contributed by atoms with Gasteiger partial charge in [-0.1, -0.05) is 6.92 Å². The van der Waals surface area contributed by atoms with Gasteiger partial charge >= 0.3 is 5.69 Å². The summed E-state index contributed by atoms with van der Waals surface area (Å²) < 4.78 is 3.14. The number of hydrogen-bond donors (Lipinski definition) is 1. The van der Waals surface area contributed by atoms with Crippen molar-refractivity contribution < 1.29 is 0 Å². The summed E-state index contributed by atoms with van der Waals surface area (Å²) in [5.41, 5.74) is 0.991. The monoisotopic (exact) mass is 315 g/mol. The maximum Gasteiger partial charge on any atom is 0.352 e. The molecule has 1 saturated heterocycles. The summed E-state index contributed by atoms with van der Waals surface area (Å²) in [5.74, 6) is 0.555. The molecule has 0 bridgehead atoms. The predicted molar refractivity (Wildman–Crippen MR) is 86.4 cm³/mol. The second-order valence-corrected chi connectivity index (χ2v) is 6.01. The van der Waals surface area contributed by atoms with Crippen LogP contribution in [0.15, 0.2) is 10.9 Å². The first-order chi connectivity index (χ1) is 11.0. The largest absolute Gasteiger partial charge is 0.352 e. The Balaban J connectivity index is 2.14. The Bertz CT molecular complexity index is 816. The summed E-state index contributed by atoms with van der Waals surface area (Å²) >= 11 is 0. The van der Waals surface area contributed by atoms with E-state index in [0.29, 0.717) is 23.3 Å². The molecule has 122 valence electrons. The van der Waals surface area contributed by atoms with E-state index in [2.05, 4.69) is 40.2 Å². The fourth-order valence-corrected chi connectivity index (χ4v) is 2.95. The number of anilines is 1. The standard InChI is InChI=1S/C15H21N7O/c1-4-11-9-21(10(2)8-17-11)14-18-15(23)20(3)13-7-12(5-6-16)19-22(13)14/h7,10-11,17H,4-5,8-9H2,1-3H3/t10-,11+/m0/s1. The van der Waals surface area contributed by atoms with Gasteiger partial charge in [-0.15, -0.1) is 0 Å². The van der Waals surface area contributed by atoms with E-state index >= 15 is 0 Å². The van der Waals surface area contributed by atoms with Gasteiger partial charge in [-0.2, -0.15) is 19.9 Å². The van der Waals surface area contributed by atoms with Crippen LogP contribution < -0.4 is 15.9 Å². The van der Waals surface area contributed by atoms with Crippen molar-refractivity contribution in [3.05, 3.63) is 22.2 Å². The van der Waals surface area contributed by atoms with Gasteiger partial charge in [0.2, 0.25) is 5.95 Å². The van der Waals surface area contributed by atoms with Gasteiger partial charge in [0.05, 0.1) is 18.2 Å². The van der Waals surface area contributed by atoms with Crippen LogP contribution in [0.25, 0.3) is 5.65 Å². The Hall–Kier alpha value is -2.40. The number of piperazine rings is 1. The molecule has 8 nitrogen and oxygen atoms in total. The lowest BCUT2D eigenvalue weighted by Crippen LogP contribution is -2.56. The van der Waals surface area contributed by atoms with Gasteiger partial charge < -0.3 is 10.2 Å². The number of nitrogens with one attached hydrogen (secondary N) is 1. The third-order valence-electron chi connectivity index (χ3n) is 4.42. The maximum atomic E-state index is 12.2. The zero-order chi connectivity index (χ0) is 16.6. The van der Waals surface area contributed by atoms with Crippen LogP contribution in [0, 0.1) is 11.3 Å². The minimum atomic E-state index is -0.310. The van der Waals surface area contributed by atoms with Crippen LogP contribution in [0.2, 0.25) is 0 Å². The van der Waals surface area contributed by atoms with Gasteiger partial charge in [-0.25, -0.2) is 4.79 Å². The second kappa shape index (κ2) is 6.01. The molecule has 1 aliphatic rings. The van der Waals surface area contributed by atoms with Crippen LogP contribution in [0.4, 0.5) is 5.95 Å². The first-order valence-electron chi connectivity index (χ1n) is 7.87. The fourth-order valence-electron chi connectivity index (χ4n) is 2.95. The normalized spacial score (nSPS) is 21.6. The maximum absolute atomic E-state index is 12.2. The highest BCUT2D eigenvalue weighted by molar-refractivity contribution is 5.48. The Labute approximate surface area is 134 Å². The van der Waals surface area contributed by atoms with E-state index in [0.717, 1.165) is 19.5 Å². The lowest BCUT2D eigenvalue weighted by atomic mass is 10.1. The molecule has 2 atom stereocenters. The van der Waals surface area contributed by atoms with Crippen molar-refractivity contribution in [1.29, 1.82) is 5.26 Å². The Kier molecular flexibility index (Phi) is 4.05. The molecule has 0 spiro atoms. The van der Waals surface area contributed by atoms with Crippen molar-refractivity contribution in [3.63, 3.8) is 0 Å². The molecular formula is C15H21N7O. The van der Waals surface area contributed by atoms with Gasteiger partial charge in [0, 0.05) is 38.3 Å². The number of hydrogen-bond acceptors (Lipinski definition) is 6. The van der Waals surface area contributed by atoms with Crippen molar-refractivity contribution >= 4 is 11.6 Å². The Morgan fingerprint density at radius 1 is 1.52 bits per heavy atom. The minimum absolute atomic E-state index is 0.212. The molecule has 23 heavy (non-hydrogen) atoms. The molecule has 1 aliphatic heterocycles. The van der Waals surface area contributed by atoms with Gasteiger partial charge in [0.25, 0.3) is 0 Å². The van der Waals surface area contributed by atoms with E-state index in [1.807, 2.05) is 0 Å². The van der Waals surface area contributed by atoms with E-state index < -0.39 is 0 Å². The minimum Gasteiger partial charge on any atom is -0.335 e. The van der Waals surface area contributed by atoms with E-state index in [-0.39, 0.29) is 18.2 Å². The van der Waals surface area contributed by atoms with Crippen LogP contribution in [0.1, 0.15) is 26.0 Å². The molecule has 3 rings (SSSR count). The summed E-state index contributed by atoms with van der Waals surface area (Å²) in [6.07, 6.45) is 1.22. The highest BCUT2D eigenvalue weighted by Crippen LogP contribution is 2.19. The van der Waals surface area contributed by atoms with Gasteiger partial charge in [0.15, 0.2) is 0 Å². The third-order valence-corrected chi connectivity index (χ3v) is 4.42. The number of nitriles is 1. The van der Waals surface area contributed by atoms with Crippen molar-refractivity contribution in [2.75, 3.05) is 18.0 Å². The van der Waals surface area contributed by atoms with Crippen LogP contribution in [0.5, 0.6) is 0 Å². The number of aromatic nitrogens is 4. The summed E-state index contributed by atoms with van der Waals surface area (Å²) in [4.78, 5) is 18.6. The molecule has 0 aliphatic carbocycles. The van der Waals surface area contributed by atoms with Crippen molar-refractivity contribution in [2.24, 2.45) is 7.05 Å². The van der Waals surface area contributed by atoms with Crippen molar-refractivity contribution in [3.8, 4) is 6.07 Å². The lowest BCUT2D eigenvalue weighted by Gasteiger charge is -2.39. The molecule has 8 heteroatoms. The molecule has 0 unspecified atom stereocenters. The lowest BCUT2D eigenvalue weighted by molar-refractivity contribution is 0.390. The van der Waals surface area contributed by atoms with E-state index in [1.165, 1.54) is 4.57 Å². The van der Waals surface area contributed by atoms with Crippen molar-refractivity contribution in [2.45, 2.75) is 38.8 Å². The summed E-state index contributed by atoms with van der Waals surface area (Å²) in [6.45, 7) is 5.85. The van der Waals surface area contributed by atoms with Crippen LogP contribution in [0.3, 0.4) is 0 Å². The predicted octanol–water partition coefficient (Wildman–Crippen LogP) is 0.0708. The third kappa shape index (κ3) is 2.68. The van der Waals surface area contributed by atoms with Gasteiger partial charge in [-0.3, -0.25) is 4.57 Å². The van der Waals surface area contributed by atoms with Crippen LogP contribution in [-0.4, -0.2) is 44.3 Å². The number of rotatable bonds is 3. The van der Waals surface area contributed by atoms with Gasteiger partial charge in [0.1, 0.15) is 5.65 Å². The molecule has 3 heterocycles. The quantitative estimate of drug-likeness (QED) is 0.862. The topological polar surface area (TPSA) is 91.2 Å². The number of aryl methyl sites for hydroxylation is 1. The molecule has 1 N–H and O–H groups in total. The molecule has 0 amide bonds. The molecule has 2 aromatic rings. The number of nitrogens with zero attached hydrogens (tertiary/aromatic N) is 6. The highest BCUT2D eigenvalue weighted by atomic mass is 16.1. The summed E-state index contributed by atoms with van der Waals surface area (Å²) in [7, 11) is 1.67. The Morgan fingerprint density at radius 2 is 2.30 bits per heavy atom. The first-order valence-corrected chi connectivity index (χ1v) is 7.87. The second-order valence-electron chi connectivity index (χ2n) is 6.01. The van der Waals surface area contributed by atoms with Crippen LogP contribution in [-0.2, 0) is 13.5 Å². The highest BCUT2D eigenvalue weighted by Gasteiger charge is 2.28. The van der Waals surface area contributed by atoms with Gasteiger partial charge in [-0.05, 0) is 13.3 Å². The summed E-state index contributed by atoms with van der Waals surface area (Å²) in [5, 5.41) is 16.9. The first kappa shape index (κ1) is 15.5. The molecule has 1 fully saturated rings. The SMILES string of the molecule is CC[C@@H]1CN(c2nc(=O)n(C)c3cc(CC#N)nn23)[C@@H](C)CN1. The molecule has 0 saturated carbocycles. The van der Waals surface area contributed by atoms with E-state index in [1.54, 1.807) is 17.6 Å². The average molecular weight is 315 g/mol. The van der Waals surface area contributed by atoms with Crippen molar-refractivity contribution in [1.82, 2.24) is 24.5 Å². The fraction of sp³-hybridized carbons (Fsp3) is 0.600.